The molecule has 0 spiro atoms. The molecule has 1 N–H and O–H groups in total. The molecule has 1 atom stereocenters. The normalized spacial score (nSPS) is 11.4. The standard InChI is InChI=1S/C21H19NO4S/c1-15(19-8-5-13-27-19)22-20(23)14-25-21(24)16-9-11-18(12-10-16)26-17-6-3-2-4-7-17/h2-13,15H,14H2,1H3,(H,22,23)/t15-/m1/s1. The molecule has 138 valence electrons. The number of rotatable bonds is 7. The van der Waals surface area contributed by atoms with E-state index in [1.54, 1.807) is 35.6 Å². The second kappa shape index (κ2) is 9.00. The summed E-state index contributed by atoms with van der Waals surface area (Å²) in [5.74, 6) is 0.429. The maximum atomic E-state index is 12.1. The van der Waals surface area contributed by atoms with Crippen LogP contribution in [-0.2, 0) is 9.53 Å². The van der Waals surface area contributed by atoms with E-state index in [0.29, 0.717) is 17.1 Å². The highest BCUT2D eigenvalue weighted by Gasteiger charge is 2.13. The highest BCUT2D eigenvalue weighted by molar-refractivity contribution is 7.10. The summed E-state index contributed by atoms with van der Waals surface area (Å²) in [4.78, 5) is 25.1. The Hall–Kier alpha value is -3.12. The maximum Gasteiger partial charge on any atom is 0.338 e. The third-order valence-electron chi connectivity index (χ3n) is 3.75. The first-order valence-electron chi connectivity index (χ1n) is 8.44. The molecule has 0 unspecified atom stereocenters. The molecule has 1 heterocycles. The van der Waals surface area contributed by atoms with E-state index in [2.05, 4.69) is 5.32 Å². The average Bonchev–Trinajstić information content (AvgIpc) is 3.22. The molecule has 27 heavy (non-hydrogen) atoms. The summed E-state index contributed by atoms with van der Waals surface area (Å²) in [6, 6.07) is 19.7. The minimum atomic E-state index is -0.555. The number of para-hydroxylation sites is 1. The summed E-state index contributed by atoms with van der Waals surface area (Å²) in [5, 5.41) is 4.75. The fourth-order valence-electron chi connectivity index (χ4n) is 2.39. The Labute approximate surface area is 161 Å². The van der Waals surface area contributed by atoms with Crippen molar-refractivity contribution in [2.45, 2.75) is 13.0 Å². The minimum Gasteiger partial charge on any atom is -0.457 e. The molecule has 3 rings (SSSR count). The van der Waals surface area contributed by atoms with Crippen LogP contribution in [0.15, 0.2) is 72.1 Å². The zero-order valence-corrected chi connectivity index (χ0v) is 15.6. The highest BCUT2D eigenvalue weighted by atomic mass is 32.1. The number of thiophene rings is 1. The van der Waals surface area contributed by atoms with Crippen molar-refractivity contribution < 1.29 is 19.1 Å². The number of hydrogen-bond donors (Lipinski definition) is 1. The van der Waals surface area contributed by atoms with Crippen LogP contribution in [-0.4, -0.2) is 18.5 Å². The molecule has 0 aliphatic rings. The van der Waals surface area contributed by atoms with E-state index in [4.69, 9.17) is 9.47 Å². The van der Waals surface area contributed by atoms with Gasteiger partial charge in [0, 0.05) is 4.88 Å². The zero-order chi connectivity index (χ0) is 19.1. The Morgan fingerprint density at radius 3 is 2.33 bits per heavy atom. The number of nitrogens with one attached hydrogen (secondary N) is 1. The van der Waals surface area contributed by atoms with Crippen molar-refractivity contribution in [1.29, 1.82) is 0 Å². The molecule has 0 aliphatic carbocycles. The number of esters is 1. The molecule has 1 amide bonds. The predicted octanol–water partition coefficient (Wildman–Crippen LogP) is 4.57. The average molecular weight is 381 g/mol. The molecule has 5 nitrogen and oxygen atoms in total. The first kappa shape index (κ1) is 18.7. The molecule has 2 aromatic carbocycles. The summed E-state index contributed by atoms with van der Waals surface area (Å²) in [6.45, 7) is 1.56. The van der Waals surface area contributed by atoms with Crippen LogP contribution in [0, 0.1) is 0 Å². The third-order valence-corrected chi connectivity index (χ3v) is 4.81. The lowest BCUT2D eigenvalue weighted by molar-refractivity contribution is -0.124. The summed E-state index contributed by atoms with van der Waals surface area (Å²) < 4.78 is 10.8. The second-order valence-corrected chi connectivity index (χ2v) is 6.80. The van der Waals surface area contributed by atoms with Gasteiger partial charge in [-0.25, -0.2) is 4.79 Å². The van der Waals surface area contributed by atoms with Crippen molar-refractivity contribution in [3.05, 3.63) is 82.6 Å². The number of carbonyl (C=O) groups is 2. The second-order valence-electron chi connectivity index (χ2n) is 5.82. The first-order valence-corrected chi connectivity index (χ1v) is 9.32. The molecular formula is C21H19NO4S. The smallest absolute Gasteiger partial charge is 0.338 e. The van der Waals surface area contributed by atoms with Gasteiger partial charge in [0.15, 0.2) is 6.61 Å². The highest BCUT2D eigenvalue weighted by Crippen LogP contribution is 2.21. The molecule has 1 aromatic heterocycles. The van der Waals surface area contributed by atoms with E-state index in [1.165, 1.54) is 0 Å². The maximum absolute atomic E-state index is 12.1. The van der Waals surface area contributed by atoms with Gasteiger partial charge in [0.2, 0.25) is 0 Å². The molecule has 3 aromatic rings. The van der Waals surface area contributed by atoms with Gasteiger partial charge in [-0.05, 0) is 54.8 Å². The van der Waals surface area contributed by atoms with Gasteiger partial charge in [-0.15, -0.1) is 11.3 Å². The van der Waals surface area contributed by atoms with Crippen molar-refractivity contribution in [2.75, 3.05) is 6.61 Å². The largest absolute Gasteiger partial charge is 0.457 e. The van der Waals surface area contributed by atoms with Crippen LogP contribution < -0.4 is 10.1 Å². The van der Waals surface area contributed by atoms with Crippen molar-refractivity contribution in [3.8, 4) is 11.5 Å². The van der Waals surface area contributed by atoms with E-state index >= 15 is 0 Å². The lowest BCUT2D eigenvalue weighted by atomic mass is 10.2. The monoisotopic (exact) mass is 381 g/mol. The number of amides is 1. The van der Waals surface area contributed by atoms with E-state index < -0.39 is 5.97 Å². The van der Waals surface area contributed by atoms with Crippen LogP contribution in [0.5, 0.6) is 11.5 Å². The lowest BCUT2D eigenvalue weighted by Crippen LogP contribution is -2.30. The summed E-state index contributed by atoms with van der Waals surface area (Å²) in [6.07, 6.45) is 0. The Morgan fingerprint density at radius 1 is 0.963 bits per heavy atom. The molecule has 6 heteroatoms. The molecule has 0 bridgehead atoms. The predicted molar refractivity (Wildman–Crippen MR) is 104 cm³/mol. The SMILES string of the molecule is C[C@@H](NC(=O)COC(=O)c1ccc(Oc2ccccc2)cc1)c1cccs1. The summed E-state index contributed by atoms with van der Waals surface area (Å²) in [5.41, 5.74) is 0.356. The van der Waals surface area contributed by atoms with Gasteiger partial charge in [0.1, 0.15) is 11.5 Å². The number of hydrogen-bond acceptors (Lipinski definition) is 5. The topological polar surface area (TPSA) is 64.6 Å². The lowest BCUT2D eigenvalue weighted by Gasteiger charge is -2.12. The van der Waals surface area contributed by atoms with E-state index in [9.17, 15) is 9.59 Å². The van der Waals surface area contributed by atoms with Crippen molar-refractivity contribution in [1.82, 2.24) is 5.32 Å². The molecule has 0 aliphatic heterocycles. The van der Waals surface area contributed by atoms with Crippen LogP contribution in [0.3, 0.4) is 0 Å². The van der Waals surface area contributed by atoms with E-state index in [1.807, 2.05) is 54.8 Å². The molecule has 0 saturated carbocycles. The van der Waals surface area contributed by atoms with Gasteiger partial charge in [0.05, 0.1) is 11.6 Å². The number of carbonyl (C=O) groups excluding carboxylic acids is 2. The fraction of sp³-hybridized carbons (Fsp3) is 0.143. The Kier molecular flexibility index (Phi) is 6.22. The number of benzene rings is 2. The molecular weight excluding hydrogens is 362 g/mol. The van der Waals surface area contributed by atoms with Crippen molar-refractivity contribution >= 4 is 23.2 Å². The third kappa shape index (κ3) is 5.43. The van der Waals surface area contributed by atoms with Crippen LogP contribution >= 0.6 is 11.3 Å². The van der Waals surface area contributed by atoms with Gasteiger partial charge in [-0.2, -0.15) is 0 Å². The molecule has 0 fully saturated rings. The Balaban J connectivity index is 1.48. The molecule has 0 radical (unpaired) electrons. The Morgan fingerprint density at radius 2 is 1.67 bits per heavy atom. The zero-order valence-electron chi connectivity index (χ0n) is 14.8. The van der Waals surface area contributed by atoms with E-state index in [0.717, 1.165) is 4.88 Å². The van der Waals surface area contributed by atoms with Crippen LogP contribution in [0.1, 0.15) is 28.2 Å². The van der Waals surface area contributed by atoms with Crippen molar-refractivity contribution in [2.24, 2.45) is 0 Å². The van der Waals surface area contributed by atoms with Gasteiger partial charge in [0.25, 0.3) is 5.91 Å². The fourth-order valence-corrected chi connectivity index (χ4v) is 3.12. The molecule has 0 saturated heterocycles. The summed E-state index contributed by atoms with van der Waals surface area (Å²) in [7, 11) is 0. The van der Waals surface area contributed by atoms with Crippen LogP contribution in [0.25, 0.3) is 0 Å². The van der Waals surface area contributed by atoms with Crippen molar-refractivity contribution in [3.63, 3.8) is 0 Å². The van der Waals surface area contributed by atoms with Gasteiger partial charge >= 0.3 is 5.97 Å². The van der Waals surface area contributed by atoms with Crippen LogP contribution in [0.4, 0.5) is 0 Å². The first-order chi connectivity index (χ1) is 13.1. The summed E-state index contributed by atoms with van der Waals surface area (Å²) >= 11 is 1.56. The van der Waals surface area contributed by atoms with E-state index in [-0.39, 0.29) is 18.6 Å². The quantitative estimate of drug-likeness (QED) is 0.609. The Bertz CT molecular complexity index is 876. The van der Waals surface area contributed by atoms with Gasteiger partial charge in [-0.1, -0.05) is 24.3 Å². The minimum absolute atomic E-state index is 0.120. The van der Waals surface area contributed by atoms with Crippen LogP contribution in [0.2, 0.25) is 0 Å². The number of ether oxygens (including phenoxy) is 2. The van der Waals surface area contributed by atoms with Gasteiger partial charge in [-0.3, -0.25) is 4.79 Å². The van der Waals surface area contributed by atoms with Gasteiger partial charge < -0.3 is 14.8 Å².